The van der Waals surface area contributed by atoms with Crippen LogP contribution in [0.3, 0.4) is 0 Å². The number of nitrogens with one attached hydrogen (secondary N) is 1. The zero-order valence-electron chi connectivity index (χ0n) is 15.6. The van der Waals surface area contributed by atoms with Crippen LogP contribution in [-0.4, -0.2) is 57.4 Å². The van der Waals surface area contributed by atoms with Gasteiger partial charge in [-0.2, -0.15) is 0 Å². The molecule has 6 nitrogen and oxygen atoms in total. The first-order valence-electron chi connectivity index (χ1n) is 9.37. The monoisotopic (exact) mass is 378 g/mol. The summed E-state index contributed by atoms with van der Waals surface area (Å²) in [6, 6.07) is 5.84. The first-order chi connectivity index (χ1) is 12.7. The fourth-order valence-electron chi connectivity index (χ4n) is 3.21. The molecule has 0 aliphatic carbocycles. The summed E-state index contributed by atoms with van der Waals surface area (Å²) < 4.78 is 11.8. The average molecular weight is 379 g/mol. The third-order valence-corrected chi connectivity index (χ3v) is 5.73. The van der Waals surface area contributed by atoms with Gasteiger partial charge in [0.05, 0.1) is 37.1 Å². The lowest BCUT2D eigenvalue weighted by Crippen LogP contribution is -3.14. The Balaban J connectivity index is 1.71. The number of rotatable bonds is 8. The van der Waals surface area contributed by atoms with Crippen LogP contribution in [0.1, 0.15) is 26.2 Å². The van der Waals surface area contributed by atoms with Crippen molar-refractivity contribution in [1.82, 2.24) is 4.98 Å². The summed E-state index contributed by atoms with van der Waals surface area (Å²) in [5.74, 6) is 0.977. The Morgan fingerprint density at radius 3 is 2.92 bits per heavy atom. The molecule has 1 fully saturated rings. The molecular formula is C19H28N3O3S+. The smallest absolute Gasteiger partial charge is 0.228 e. The van der Waals surface area contributed by atoms with E-state index in [0.717, 1.165) is 73.3 Å². The van der Waals surface area contributed by atoms with Crippen LogP contribution in [-0.2, 0) is 9.53 Å². The van der Waals surface area contributed by atoms with Crippen LogP contribution in [0.25, 0.3) is 10.2 Å². The lowest BCUT2D eigenvalue weighted by molar-refractivity contribution is -0.908. The summed E-state index contributed by atoms with van der Waals surface area (Å²) in [6.07, 6.45) is 2.39. The summed E-state index contributed by atoms with van der Waals surface area (Å²) in [5.41, 5.74) is 0.916. The third kappa shape index (κ3) is 4.72. The molecule has 142 valence electrons. The maximum absolute atomic E-state index is 12.7. The molecule has 1 aliphatic heterocycles. The SMILES string of the molecule is CCCC(=O)N(CCC[NH+]1CCOCC1)c1nc2ccc(OC)cc2s1. The predicted molar refractivity (Wildman–Crippen MR) is 104 cm³/mol. The van der Waals surface area contributed by atoms with Gasteiger partial charge in [0.1, 0.15) is 18.8 Å². The van der Waals surface area contributed by atoms with Crippen molar-refractivity contribution >= 4 is 32.6 Å². The highest BCUT2D eigenvalue weighted by Gasteiger charge is 2.20. The van der Waals surface area contributed by atoms with E-state index < -0.39 is 0 Å². The first kappa shape index (κ1) is 19.1. The van der Waals surface area contributed by atoms with Gasteiger partial charge in [0, 0.05) is 19.4 Å². The molecule has 0 unspecified atom stereocenters. The first-order valence-corrected chi connectivity index (χ1v) is 10.2. The van der Waals surface area contributed by atoms with Gasteiger partial charge in [0.2, 0.25) is 5.91 Å². The van der Waals surface area contributed by atoms with E-state index >= 15 is 0 Å². The Morgan fingerprint density at radius 1 is 1.38 bits per heavy atom. The number of ether oxygens (including phenoxy) is 2. The molecular weight excluding hydrogens is 350 g/mol. The number of aromatic nitrogens is 1. The number of anilines is 1. The molecule has 3 rings (SSSR count). The molecule has 26 heavy (non-hydrogen) atoms. The molecule has 1 aliphatic rings. The number of hydrogen-bond donors (Lipinski definition) is 1. The van der Waals surface area contributed by atoms with Crippen LogP contribution in [0.4, 0.5) is 5.13 Å². The number of quaternary nitrogens is 1. The van der Waals surface area contributed by atoms with E-state index in [1.54, 1.807) is 23.3 Å². The number of amides is 1. The van der Waals surface area contributed by atoms with Gasteiger partial charge in [-0.25, -0.2) is 4.98 Å². The maximum atomic E-state index is 12.7. The molecule has 1 amide bonds. The van der Waals surface area contributed by atoms with E-state index in [0.29, 0.717) is 6.42 Å². The van der Waals surface area contributed by atoms with E-state index in [2.05, 4.69) is 0 Å². The second-order valence-electron chi connectivity index (χ2n) is 6.59. The summed E-state index contributed by atoms with van der Waals surface area (Å²) >= 11 is 1.56. The normalized spacial score (nSPS) is 15.3. The number of fused-ring (bicyclic) bond motifs is 1. The molecule has 7 heteroatoms. The van der Waals surface area contributed by atoms with Crippen molar-refractivity contribution in [1.29, 1.82) is 0 Å². The van der Waals surface area contributed by atoms with Gasteiger partial charge >= 0.3 is 0 Å². The Hall–Kier alpha value is -1.70. The van der Waals surface area contributed by atoms with E-state index in [1.165, 1.54) is 0 Å². The minimum absolute atomic E-state index is 0.162. The van der Waals surface area contributed by atoms with E-state index in [1.807, 2.05) is 30.0 Å². The number of benzene rings is 1. The number of methoxy groups -OCH3 is 1. The predicted octanol–water partition coefficient (Wildman–Crippen LogP) is 1.74. The van der Waals surface area contributed by atoms with E-state index in [4.69, 9.17) is 14.5 Å². The molecule has 0 bridgehead atoms. The minimum Gasteiger partial charge on any atom is -0.497 e. The quantitative estimate of drug-likeness (QED) is 0.760. The third-order valence-electron chi connectivity index (χ3n) is 4.69. The number of morpholine rings is 1. The molecule has 2 heterocycles. The summed E-state index contributed by atoms with van der Waals surface area (Å²) in [5, 5.41) is 0.795. The zero-order chi connectivity index (χ0) is 18.4. The maximum Gasteiger partial charge on any atom is 0.228 e. The fraction of sp³-hybridized carbons (Fsp3) is 0.579. The fourth-order valence-corrected chi connectivity index (χ4v) is 4.25. The van der Waals surface area contributed by atoms with Gasteiger partial charge in [0.25, 0.3) is 0 Å². The van der Waals surface area contributed by atoms with Crippen LogP contribution >= 0.6 is 11.3 Å². The van der Waals surface area contributed by atoms with Crippen molar-refractivity contribution in [3.8, 4) is 5.75 Å². The molecule has 1 aromatic heterocycles. The van der Waals surface area contributed by atoms with Crippen LogP contribution in [0.15, 0.2) is 18.2 Å². The largest absolute Gasteiger partial charge is 0.497 e. The van der Waals surface area contributed by atoms with Crippen LogP contribution in [0, 0.1) is 0 Å². The molecule has 1 saturated heterocycles. The number of hydrogen-bond acceptors (Lipinski definition) is 5. The van der Waals surface area contributed by atoms with Gasteiger partial charge in [-0.15, -0.1) is 0 Å². The number of thiazole rings is 1. The highest BCUT2D eigenvalue weighted by molar-refractivity contribution is 7.22. The van der Waals surface area contributed by atoms with Crippen LogP contribution < -0.4 is 14.5 Å². The van der Waals surface area contributed by atoms with Crippen molar-refractivity contribution in [3.63, 3.8) is 0 Å². The molecule has 2 aromatic rings. The Morgan fingerprint density at radius 2 is 2.19 bits per heavy atom. The van der Waals surface area contributed by atoms with Crippen molar-refractivity contribution in [2.75, 3.05) is 51.4 Å². The lowest BCUT2D eigenvalue weighted by Gasteiger charge is -2.25. The molecule has 0 radical (unpaired) electrons. The van der Waals surface area contributed by atoms with Gasteiger partial charge in [-0.05, 0) is 24.6 Å². The van der Waals surface area contributed by atoms with E-state index in [9.17, 15) is 4.79 Å². The van der Waals surface area contributed by atoms with Gasteiger partial charge in [-0.1, -0.05) is 18.3 Å². The number of carbonyl (C=O) groups excluding carboxylic acids is 1. The molecule has 1 aromatic carbocycles. The van der Waals surface area contributed by atoms with Crippen molar-refractivity contribution in [3.05, 3.63) is 18.2 Å². The highest BCUT2D eigenvalue weighted by atomic mass is 32.1. The lowest BCUT2D eigenvalue weighted by atomic mass is 10.2. The second-order valence-corrected chi connectivity index (χ2v) is 7.60. The standard InChI is InChI=1S/C19H27N3O3S/c1-3-5-18(23)22(9-4-8-21-10-12-25-13-11-21)19-20-16-7-6-15(24-2)14-17(16)26-19/h6-7,14H,3-5,8-13H2,1-2H3/p+1. The zero-order valence-corrected chi connectivity index (χ0v) is 16.4. The topological polar surface area (TPSA) is 56.1 Å². The van der Waals surface area contributed by atoms with Crippen molar-refractivity contribution in [2.24, 2.45) is 0 Å². The second kappa shape index (κ2) is 9.30. The van der Waals surface area contributed by atoms with E-state index in [-0.39, 0.29) is 5.91 Å². The van der Waals surface area contributed by atoms with Gasteiger partial charge in [0.15, 0.2) is 5.13 Å². The Labute approximate surface area is 158 Å². The van der Waals surface area contributed by atoms with Crippen molar-refractivity contribution in [2.45, 2.75) is 26.2 Å². The summed E-state index contributed by atoms with van der Waals surface area (Å²) in [6.45, 7) is 7.63. The molecule has 0 atom stereocenters. The molecule has 0 spiro atoms. The average Bonchev–Trinajstić information content (AvgIpc) is 3.08. The highest BCUT2D eigenvalue weighted by Crippen LogP contribution is 2.31. The Kier molecular flexibility index (Phi) is 6.82. The molecule has 1 N–H and O–H groups in total. The number of carbonyl (C=O) groups is 1. The summed E-state index contributed by atoms with van der Waals surface area (Å²) in [4.78, 5) is 20.8. The summed E-state index contributed by atoms with van der Waals surface area (Å²) in [7, 11) is 1.66. The van der Waals surface area contributed by atoms with Gasteiger partial charge < -0.3 is 14.4 Å². The Bertz CT molecular complexity index is 728. The van der Waals surface area contributed by atoms with Gasteiger partial charge in [-0.3, -0.25) is 9.69 Å². The molecule has 0 saturated carbocycles. The van der Waals surface area contributed by atoms with Crippen molar-refractivity contribution < 1.29 is 19.2 Å². The van der Waals surface area contributed by atoms with Crippen LogP contribution in [0.5, 0.6) is 5.75 Å². The minimum atomic E-state index is 0.162. The number of nitrogens with zero attached hydrogens (tertiary/aromatic N) is 2. The van der Waals surface area contributed by atoms with Crippen LogP contribution in [0.2, 0.25) is 0 Å².